The van der Waals surface area contributed by atoms with Crippen molar-refractivity contribution in [2.45, 2.75) is 18.7 Å². The van der Waals surface area contributed by atoms with Crippen LogP contribution in [0.4, 0.5) is 19.4 Å². The smallest absolute Gasteiger partial charge is 0.0936 e. The summed E-state index contributed by atoms with van der Waals surface area (Å²) in [5.74, 6) is 0. The van der Waals surface area contributed by atoms with Gasteiger partial charge in [-0.05, 0) is 31.0 Å². The van der Waals surface area contributed by atoms with Gasteiger partial charge in [0, 0.05) is 0 Å². The Morgan fingerprint density at radius 1 is 0.929 bits per heavy atom. The zero-order valence-electron chi connectivity index (χ0n) is 7.53. The van der Waals surface area contributed by atoms with E-state index < -0.39 is 20.7 Å². The Bertz CT molecular complexity index is 377. The lowest BCUT2D eigenvalue weighted by Crippen LogP contribution is -2.08. The fourth-order valence-electron chi connectivity index (χ4n) is 1.14. The van der Waals surface area contributed by atoms with Crippen molar-refractivity contribution in [3.05, 3.63) is 29.3 Å². The standard InChI is InChI=1S/C8H9F5S/c1-6-4-3-5-8(7(6)2)14(9,10,11,12)13/h3-5H,1-2H3. The number of hydrogen-bond donors (Lipinski definition) is 0. The molecule has 0 fully saturated rings. The van der Waals surface area contributed by atoms with Gasteiger partial charge in [-0.2, -0.15) is 0 Å². The molecule has 0 aliphatic heterocycles. The predicted molar refractivity (Wildman–Crippen MR) is 47.3 cm³/mol. The third-order valence-corrected chi connectivity index (χ3v) is 3.24. The maximum Gasteiger partial charge on any atom is 0.310 e. The normalized spacial score (nSPS) is 17.4. The van der Waals surface area contributed by atoms with Gasteiger partial charge < -0.3 is 0 Å². The van der Waals surface area contributed by atoms with E-state index in [-0.39, 0.29) is 5.56 Å². The first-order valence-corrected chi connectivity index (χ1v) is 5.67. The van der Waals surface area contributed by atoms with Crippen molar-refractivity contribution < 1.29 is 19.4 Å². The van der Waals surface area contributed by atoms with Crippen molar-refractivity contribution in [3.8, 4) is 0 Å². The molecular formula is C8H9F5S. The molecule has 6 heteroatoms. The van der Waals surface area contributed by atoms with Crippen LogP contribution in [0.3, 0.4) is 0 Å². The lowest BCUT2D eigenvalue weighted by atomic mass is 10.1. The van der Waals surface area contributed by atoms with Gasteiger partial charge in [0.2, 0.25) is 0 Å². The van der Waals surface area contributed by atoms with Crippen LogP contribution in [0.25, 0.3) is 0 Å². The van der Waals surface area contributed by atoms with Crippen LogP contribution in [0.2, 0.25) is 0 Å². The molecule has 0 spiro atoms. The zero-order chi connectivity index (χ0) is 11.3. The number of aryl methyl sites for hydroxylation is 1. The first-order valence-electron chi connectivity index (χ1n) is 3.72. The van der Waals surface area contributed by atoms with E-state index in [4.69, 9.17) is 0 Å². The first-order chi connectivity index (χ1) is 5.91. The van der Waals surface area contributed by atoms with E-state index in [1.165, 1.54) is 13.0 Å². The minimum Gasteiger partial charge on any atom is -0.0936 e. The molecule has 0 saturated carbocycles. The van der Waals surface area contributed by atoms with Crippen LogP contribution in [0, 0.1) is 13.8 Å². The zero-order valence-corrected chi connectivity index (χ0v) is 8.35. The van der Waals surface area contributed by atoms with Gasteiger partial charge in [0.05, 0.1) is 0 Å². The summed E-state index contributed by atoms with van der Waals surface area (Å²) in [6.45, 7) is 2.41. The molecule has 0 N–H and O–H groups in total. The molecule has 0 aliphatic carbocycles. The van der Waals surface area contributed by atoms with Crippen molar-refractivity contribution in [1.29, 1.82) is 0 Å². The molecule has 1 rings (SSSR count). The highest BCUT2D eigenvalue weighted by Gasteiger charge is 2.66. The fourth-order valence-corrected chi connectivity index (χ4v) is 2.22. The third kappa shape index (κ3) is 2.17. The predicted octanol–water partition coefficient (Wildman–Crippen LogP) is 4.96. The van der Waals surface area contributed by atoms with Gasteiger partial charge >= 0.3 is 10.2 Å². The van der Waals surface area contributed by atoms with Crippen molar-refractivity contribution in [2.24, 2.45) is 0 Å². The van der Waals surface area contributed by atoms with Crippen LogP contribution >= 0.6 is 10.2 Å². The molecule has 82 valence electrons. The van der Waals surface area contributed by atoms with Crippen LogP contribution in [-0.2, 0) is 0 Å². The van der Waals surface area contributed by atoms with Gasteiger partial charge in [0.15, 0.2) is 0 Å². The highest BCUT2D eigenvalue weighted by molar-refractivity contribution is 8.45. The van der Waals surface area contributed by atoms with E-state index in [0.29, 0.717) is 6.07 Å². The summed E-state index contributed by atoms with van der Waals surface area (Å²) < 4.78 is 61.9. The van der Waals surface area contributed by atoms with Crippen LogP contribution in [-0.4, -0.2) is 0 Å². The third-order valence-electron chi connectivity index (χ3n) is 1.97. The van der Waals surface area contributed by atoms with Crippen LogP contribution in [0.1, 0.15) is 11.1 Å². The van der Waals surface area contributed by atoms with E-state index in [9.17, 15) is 19.4 Å². The van der Waals surface area contributed by atoms with Crippen molar-refractivity contribution in [3.63, 3.8) is 0 Å². The lowest BCUT2D eigenvalue weighted by Gasteiger charge is -2.41. The van der Waals surface area contributed by atoms with E-state index in [1.54, 1.807) is 0 Å². The largest absolute Gasteiger partial charge is 0.310 e. The molecule has 0 saturated heterocycles. The van der Waals surface area contributed by atoms with E-state index in [1.807, 2.05) is 0 Å². The molecule has 0 unspecified atom stereocenters. The van der Waals surface area contributed by atoms with Gasteiger partial charge in [0.25, 0.3) is 0 Å². The Balaban J connectivity index is 3.59. The van der Waals surface area contributed by atoms with Crippen molar-refractivity contribution in [2.75, 3.05) is 0 Å². The Hall–Kier alpha value is -0.780. The minimum absolute atomic E-state index is 0.204. The van der Waals surface area contributed by atoms with Crippen molar-refractivity contribution in [1.82, 2.24) is 0 Å². The maximum atomic E-state index is 12.4. The summed E-state index contributed by atoms with van der Waals surface area (Å²) in [5.41, 5.74) is -0.206. The second-order valence-electron chi connectivity index (χ2n) is 3.17. The lowest BCUT2D eigenvalue weighted by molar-refractivity contribution is 0.363. The molecule has 0 nitrogen and oxygen atoms in total. The molecule has 0 heterocycles. The molecule has 0 atom stereocenters. The molecule has 1 aromatic carbocycles. The Labute approximate surface area is 78.5 Å². The van der Waals surface area contributed by atoms with E-state index in [0.717, 1.165) is 13.0 Å². The van der Waals surface area contributed by atoms with Crippen LogP contribution < -0.4 is 0 Å². The maximum absolute atomic E-state index is 12.4. The van der Waals surface area contributed by atoms with E-state index >= 15 is 0 Å². The van der Waals surface area contributed by atoms with Gasteiger partial charge in [-0.1, -0.05) is 31.6 Å². The average Bonchev–Trinajstić information content (AvgIpc) is 1.89. The quantitative estimate of drug-likeness (QED) is 0.600. The summed E-state index contributed by atoms with van der Waals surface area (Å²) in [6, 6.07) is 2.77. The Kier molecular flexibility index (Phi) is 1.81. The summed E-state index contributed by atoms with van der Waals surface area (Å²) >= 11 is 0. The van der Waals surface area contributed by atoms with Crippen LogP contribution in [0.5, 0.6) is 0 Å². The Morgan fingerprint density at radius 2 is 1.43 bits per heavy atom. The molecular weight excluding hydrogens is 223 g/mol. The van der Waals surface area contributed by atoms with Gasteiger partial charge in [-0.15, -0.1) is 0 Å². The first kappa shape index (κ1) is 11.3. The molecule has 0 amide bonds. The summed E-state index contributed by atoms with van der Waals surface area (Å²) in [7, 11) is -9.51. The number of hydrogen-bond acceptors (Lipinski definition) is 0. The molecule has 1 aromatic rings. The highest BCUT2D eigenvalue weighted by atomic mass is 32.5. The number of halogens is 5. The summed E-state index contributed by atoms with van der Waals surface area (Å²) in [4.78, 5) is -1.79. The summed E-state index contributed by atoms with van der Waals surface area (Å²) in [6.07, 6.45) is 0. The Morgan fingerprint density at radius 3 is 1.79 bits per heavy atom. The van der Waals surface area contributed by atoms with Gasteiger partial charge in [-0.25, -0.2) is 0 Å². The second kappa shape index (κ2) is 2.24. The molecule has 0 aliphatic rings. The number of rotatable bonds is 1. The van der Waals surface area contributed by atoms with Gasteiger partial charge in [0.1, 0.15) is 4.90 Å². The molecule has 0 aromatic heterocycles. The molecule has 0 radical (unpaired) electrons. The minimum atomic E-state index is -9.51. The second-order valence-corrected chi connectivity index (χ2v) is 5.54. The topological polar surface area (TPSA) is 0 Å². The fraction of sp³-hybridized carbons (Fsp3) is 0.250. The van der Waals surface area contributed by atoms with E-state index in [2.05, 4.69) is 0 Å². The SMILES string of the molecule is Cc1cccc(S(F)(F)(F)(F)F)c1C. The van der Waals surface area contributed by atoms with Gasteiger partial charge in [-0.3, -0.25) is 0 Å². The highest BCUT2D eigenvalue weighted by Crippen LogP contribution is 3.02. The molecule has 0 bridgehead atoms. The number of benzene rings is 1. The van der Waals surface area contributed by atoms with Crippen LogP contribution in [0.15, 0.2) is 23.1 Å². The molecule has 14 heavy (non-hydrogen) atoms. The summed E-state index contributed by atoms with van der Waals surface area (Å²) in [5, 5.41) is 0. The average molecular weight is 232 g/mol. The van der Waals surface area contributed by atoms with Crippen molar-refractivity contribution >= 4 is 10.2 Å². The monoisotopic (exact) mass is 232 g/mol.